The molecule has 0 amide bonds. The van der Waals surface area contributed by atoms with Crippen molar-refractivity contribution >= 4 is 11.6 Å². The largest absolute Gasteiger partial charge is 0.370 e. The molecule has 134 valence electrons. The van der Waals surface area contributed by atoms with E-state index in [9.17, 15) is 0 Å². The van der Waals surface area contributed by atoms with Gasteiger partial charge in [0, 0.05) is 17.4 Å². The summed E-state index contributed by atoms with van der Waals surface area (Å²) in [7, 11) is 0. The molecular formula is C21H25N5. The molecule has 5 nitrogen and oxygen atoms in total. The number of benzene rings is 2. The van der Waals surface area contributed by atoms with Crippen molar-refractivity contribution in [1.29, 1.82) is 0 Å². The van der Waals surface area contributed by atoms with Gasteiger partial charge in [-0.25, -0.2) is 9.67 Å². The van der Waals surface area contributed by atoms with Crippen molar-refractivity contribution in [3.05, 3.63) is 77.6 Å². The summed E-state index contributed by atoms with van der Waals surface area (Å²) in [5.74, 6) is 0.874. The third-order valence-corrected chi connectivity index (χ3v) is 4.27. The molecular weight excluding hydrogens is 322 g/mol. The van der Waals surface area contributed by atoms with Crippen LogP contribution in [0.2, 0.25) is 0 Å². The third kappa shape index (κ3) is 4.30. The van der Waals surface area contributed by atoms with Crippen LogP contribution in [0.3, 0.4) is 0 Å². The van der Waals surface area contributed by atoms with Gasteiger partial charge in [0.15, 0.2) is 5.96 Å². The second-order valence-electron chi connectivity index (χ2n) is 6.63. The number of rotatable bonds is 5. The average molecular weight is 347 g/mol. The van der Waals surface area contributed by atoms with E-state index >= 15 is 0 Å². The zero-order valence-electron chi connectivity index (χ0n) is 15.5. The van der Waals surface area contributed by atoms with Crippen LogP contribution in [0.5, 0.6) is 0 Å². The standard InChI is InChI=1S/C21H25N5/c1-15(2)17-8-7-9-19(12-17)24-21(22)23-13-18-14-26(25-16(18)3)20-10-5-4-6-11-20/h4-12,14-15H,13H2,1-3H3,(H3,22,23,24). The number of hydrogen-bond donors (Lipinski definition) is 2. The molecule has 0 saturated heterocycles. The lowest BCUT2D eigenvalue weighted by Crippen LogP contribution is -2.22. The number of anilines is 1. The molecule has 0 fully saturated rings. The molecule has 0 aliphatic rings. The second-order valence-corrected chi connectivity index (χ2v) is 6.63. The summed E-state index contributed by atoms with van der Waals surface area (Å²) in [5.41, 5.74) is 11.3. The lowest BCUT2D eigenvalue weighted by atomic mass is 10.0. The minimum absolute atomic E-state index is 0.401. The molecule has 1 aromatic heterocycles. The number of aliphatic imine (C=N–C) groups is 1. The monoisotopic (exact) mass is 347 g/mol. The zero-order chi connectivity index (χ0) is 18.5. The van der Waals surface area contributed by atoms with E-state index < -0.39 is 0 Å². The van der Waals surface area contributed by atoms with Crippen LogP contribution in [0, 0.1) is 6.92 Å². The topological polar surface area (TPSA) is 68.2 Å². The highest BCUT2D eigenvalue weighted by Crippen LogP contribution is 2.18. The molecule has 3 rings (SSSR count). The van der Waals surface area contributed by atoms with Gasteiger partial charge >= 0.3 is 0 Å². The predicted molar refractivity (Wildman–Crippen MR) is 108 cm³/mol. The number of hydrogen-bond acceptors (Lipinski definition) is 2. The van der Waals surface area contributed by atoms with E-state index in [0.717, 1.165) is 22.6 Å². The van der Waals surface area contributed by atoms with E-state index in [2.05, 4.69) is 41.4 Å². The van der Waals surface area contributed by atoms with Gasteiger partial charge in [-0.2, -0.15) is 5.10 Å². The molecule has 2 aromatic carbocycles. The highest BCUT2D eigenvalue weighted by molar-refractivity contribution is 5.92. The predicted octanol–water partition coefficient (Wildman–Crippen LogP) is 4.23. The number of nitrogens with zero attached hydrogens (tertiary/aromatic N) is 3. The molecule has 0 radical (unpaired) electrons. The van der Waals surface area contributed by atoms with Gasteiger partial charge in [-0.15, -0.1) is 0 Å². The summed E-state index contributed by atoms with van der Waals surface area (Å²) >= 11 is 0. The molecule has 0 bridgehead atoms. The van der Waals surface area contributed by atoms with Crippen molar-refractivity contribution in [2.24, 2.45) is 10.7 Å². The van der Waals surface area contributed by atoms with Crippen LogP contribution in [0.4, 0.5) is 5.69 Å². The first-order valence-electron chi connectivity index (χ1n) is 8.80. The molecule has 0 aliphatic carbocycles. The van der Waals surface area contributed by atoms with Crippen molar-refractivity contribution in [2.45, 2.75) is 33.2 Å². The molecule has 0 aliphatic heterocycles. The Bertz CT molecular complexity index is 894. The van der Waals surface area contributed by atoms with E-state index in [1.54, 1.807) is 0 Å². The molecule has 3 N–H and O–H groups in total. The smallest absolute Gasteiger partial charge is 0.193 e. The van der Waals surface area contributed by atoms with E-state index in [-0.39, 0.29) is 0 Å². The van der Waals surface area contributed by atoms with Gasteiger partial charge in [-0.1, -0.05) is 44.2 Å². The van der Waals surface area contributed by atoms with Crippen molar-refractivity contribution < 1.29 is 0 Å². The van der Waals surface area contributed by atoms with E-state index in [1.165, 1.54) is 5.56 Å². The first kappa shape index (κ1) is 17.7. The molecule has 5 heteroatoms. The number of para-hydroxylation sites is 1. The number of aryl methyl sites for hydroxylation is 1. The first-order valence-corrected chi connectivity index (χ1v) is 8.80. The van der Waals surface area contributed by atoms with E-state index in [0.29, 0.717) is 18.4 Å². The van der Waals surface area contributed by atoms with Gasteiger partial charge < -0.3 is 11.1 Å². The van der Waals surface area contributed by atoms with Crippen LogP contribution in [-0.2, 0) is 6.54 Å². The zero-order valence-corrected chi connectivity index (χ0v) is 15.5. The summed E-state index contributed by atoms with van der Waals surface area (Å²) in [6.45, 7) is 6.81. The van der Waals surface area contributed by atoms with Gasteiger partial charge in [-0.05, 0) is 42.7 Å². The number of nitrogens with two attached hydrogens (primary N) is 1. The molecule has 0 atom stereocenters. The minimum atomic E-state index is 0.401. The Hall–Kier alpha value is -3.08. The van der Waals surface area contributed by atoms with Gasteiger partial charge in [0.2, 0.25) is 0 Å². The van der Waals surface area contributed by atoms with Crippen molar-refractivity contribution in [1.82, 2.24) is 9.78 Å². The van der Waals surface area contributed by atoms with Gasteiger partial charge in [0.05, 0.1) is 17.9 Å². The molecule has 0 unspecified atom stereocenters. The maximum Gasteiger partial charge on any atom is 0.193 e. The summed E-state index contributed by atoms with van der Waals surface area (Å²) in [6, 6.07) is 18.3. The van der Waals surface area contributed by atoms with E-state index in [4.69, 9.17) is 5.73 Å². The Morgan fingerprint density at radius 3 is 2.65 bits per heavy atom. The van der Waals surface area contributed by atoms with E-state index in [1.807, 2.05) is 60.3 Å². The van der Waals surface area contributed by atoms with Crippen LogP contribution in [-0.4, -0.2) is 15.7 Å². The second kappa shape index (κ2) is 7.87. The molecule has 0 saturated carbocycles. The molecule has 1 heterocycles. The fraction of sp³-hybridized carbons (Fsp3) is 0.238. The fourth-order valence-electron chi connectivity index (χ4n) is 2.70. The summed E-state index contributed by atoms with van der Waals surface area (Å²) in [5, 5.41) is 7.73. The lowest BCUT2D eigenvalue weighted by molar-refractivity contribution is 0.863. The summed E-state index contributed by atoms with van der Waals surface area (Å²) in [6.07, 6.45) is 2.00. The van der Waals surface area contributed by atoms with Crippen molar-refractivity contribution in [3.8, 4) is 5.69 Å². The van der Waals surface area contributed by atoms with Crippen LogP contribution < -0.4 is 11.1 Å². The van der Waals surface area contributed by atoms with Crippen LogP contribution in [0.1, 0.15) is 36.6 Å². The van der Waals surface area contributed by atoms with Gasteiger partial charge in [0.1, 0.15) is 0 Å². The summed E-state index contributed by atoms with van der Waals surface area (Å²) < 4.78 is 1.87. The Kier molecular flexibility index (Phi) is 5.37. The van der Waals surface area contributed by atoms with Crippen molar-refractivity contribution in [2.75, 3.05) is 5.32 Å². The number of aromatic nitrogens is 2. The highest BCUT2D eigenvalue weighted by Gasteiger charge is 2.06. The van der Waals surface area contributed by atoms with Crippen LogP contribution in [0.15, 0.2) is 65.8 Å². The molecule has 26 heavy (non-hydrogen) atoms. The third-order valence-electron chi connectivity index (χ3n) is 4.27. The van der Waals surface area contributed by atoms with Crippen molar-refractivity contribution in [3.63, 3.8) is 0 Å². The SMILES string of the molecule is Cc1nn(-c2ccccc2)cc1CN=C(N)Nc1cccc(C(C)C)c1. The average Bonchev–Trinajstić information content (AvgIpc) is 3.02. The van der Waals surface area contributed by atoms with Gasteiger partial charge in [0.25, 0.3) is 0 Å². The van der Waals surface area contributed by atoms with Gasteiger partial charge in [-0.3, -0.25) is 0 Å². The fourth-order valence-corrected chi connectivity index (χ4v) is 2.70. The van der Waals surface area contributed by atoms with Crippen LogP contribution in [0.25, 0.3) is 5.69 Å². The minimum Gasteiger partial charge on any atom is -0.370 e. The Labute approximate surface area is 154 Å². The normalized spacial score (nSPS) is 11.8. The molecule has 3 aromatic rings. The summed E-state index contributed by atoms with van der Waals surface area (Å²) in [4.78, 5) is 4.46. The maximum absolute atomic E-state index is 6.06. The first-order chi connectivity index (χ1) is 12.5. The Morgan fingerprint density at radius 1 is 1.15 bits per heavy atom. The van der Waals surface area contributed by atoms with Crippen LogP contribution >= 0.6 is 0 Å². The Morgan fingerprint density at radius 2 is 1.92 bits per heavy atom. The lowest BCUT2D eigenvalue weighted by Gasteiger charge is -2.09. The maximum atomic E-state index is 6.06. The quantitative estimate of drug-likeness (QED) is 0.536. The number of nitrogens with one attached hydrogen (secondary N) is 1. The Balaban J connectivity index is 1.70. The number of guanidine groups is 1. The highest BCUT2D eigenvalue weighted by atomic mass is 15.3. The molecule has 0 spiro atoms.